The summed E-state index contributed by atoms with van der Waals surface area (Å²) >= 11 is 7.54. The summed E-state index contributed by atoms with van der Waals surface area (Å²) in [5, 5.41) is 8.28. The predicted octanol–water partition coefficient (Wildman–Crippen LogP) is 4.01. The number of likely N-dealkylation sites (tertiary alicyclic amines) is 1. The molecule has 0 radical (unpaired) electrons. The number of nitrogens with zero attached hydrogens (tertiary/aromatic N) is 3. The molecule has 0 unspecified atom stereocenters. The van der Waals surface area contributed by atoms with Crippen molar-refractivity contribution in [2.24, 2.45) is 0 Å². The molecule has 3 rings (SSSR count). The van der Waals surface area contributed by atoms with Crippen LogP contribution in [0.3, 0.4) is 0 Å². The normalized spacial score (nSPS) is 17.9. The summed E-state index contributed by atoms with van der Waals surface area (Å²) in [6, 6.07) is 7.87. The van der Waals surface area contributed by atoms with Gasteiger partial charge < -0.3 is 4.90 Å². The van der Waals surface area contributed by atoms with Gasteiger partial charge in [-0.25, -0.2) is 4.98 Å². The number of carbonyl (C=O) groups is 1. The van der Waals surface area contributed by atoms with Crippen molar-refractivity contribution in [3.8, 4) is 11.4 Å². The Hall–Kier alpha value is -1.53. The minimum Gasteiger partial charge on any atom is -0.339 e. The number of benzene rings is 1. The Morgan fingerprint density at radius 3 is 3.04 bits per heavy atom. The number of thioether (sulfide) groups is 1. The fraction of sp³-hybridized carbons (Fsp3) is 0.471. The van der Waals surface area contributed by atoms with Gasteiger partial charge >= 0.3 is 0 Å². The molecule has 0 saturated carbocycles. The van der Waals surface area contributed by atoms with E-state index in [-0.39, 0.29) is 5.91 Å². The van der Waals surface area contributed by atoms with Crippen molar-refractivity contribution in [3.63, 3.8) is 0 Å². The quantitative estimate of drug-likeness (QED) is 0.814. The van der Waals surface area contributed by atoms with Gasteiger partial charge in [-0.15, -0.1) is 5.10 Å². The van der Waals surface area contributed by atoms with Crippen LogP contribution in [0.25, 0.3) is 11.4 Å². The van der Waals surface area contributed by atoms with Crippen molar-refractivity contribution in [1.29, 1.82) is 0 Å². The maximum Gasteiger partial charge on any atom is 0.233 e. The molecule has 5 nitrogen and oxygen atoms in total. The number of amides is 1. The molecule has 1 aliphatic heterocycles. The second-order valence-electron chi connectivity index (χ2n) is 5.88. The number of aromatic nitrogens is 3. The molecule has 1 N–H and O–H groups in total. The molecule has 1 atom stereocenters. The summed E-state index contributed by atoms with van der Waals surface area (Å²) in [6.45, 7) is 3.02. The molecule has 1 aliphatic rings. The lowest BCUT2D eigenvalue weighted by molar-refractivity contribution is -0.132. The summed E-state index contributed by atoms with van der Waals surface area (Å²) < 4.78 is 0. The molecule has 0 spiro atoms. The van der Waals surface area contributed by atoms with Crippen LogP contribution >= 0.6 is 23.4 Å². The molecule has 1 saturated heterocycles. The van der Waals surface area contributed by atoms with Gasteiger partial charge in [0.2, 0.25) is 11.1 Å². The first-order valence-electron chi connectivity index (χ1n) is 8.28. The molecule has 1 aromatic heterocycles. The third-order valence-corrected chi connectivity index (χ3v) is 5.50. The van der Waals surface area contributed by atoms with Gasteiger partial charge in [0.1, 0.15) is 0 Å². The topological polar surface area (TPSA) is 61.9 Å². The van der Waals surface area contributed by atoms with Crippen LogP contribution in [-0.2, 0) is 4.79 Å². The first kappa shape index (κ1) is 17.3. The van der Waals surface area contributed by atoms with Gasteiger partial charge in [-0.05, 0) is 37.8 Å². The zero-order chi connectivity index (χ0) is 16.9. The van der Waals surface area contributed by atoms with Gasteiger partial charge in [-0.1, -0.05) is 42.4 Å². The molecule has 24 heavy (non-hydrogen) atoms. The SMILES string of the molecule is CC[C@@H]1CCCCN1C(=O)CSc1n[nH]c(-c2ccccc2Cl)n1. The molecule has 128 valence electrons. The average Bonchev–Trinajstić information content (AvgIpc) is 3.08. The fourth-order valence-electron chi connectivity index (χ4n) is 3.05. The second-order valence-corrected chi connectivity index (χ2v) is 7.23. The first-order valence-corrected chi connectivity index (χ1v) is 9.65. The van der Waals surface area contributed by atoms with Crippen LogP contribution in [0.1, 0.15) is 32.6 Å². The first-order chi connectivity index (χ1) is 11.7. The van der Waals surface area contributed by atoms with E-state index in [1.165, 1.54) is 18.2 Å². The smallest absolute Gasteiger partial charge is 0.233 e. The van der Waals surface area contributed by atoms with E-state index in [0.717, 1.165) is 31.4 Å². The third-order valence-electron chi connectivity index (χ3n) is 4.34. The summed E-state index contributed by atoms with van der Waals surface area (Å²) in [4.78, 5) is 19.0. The van der Waals surface area contributed by atoms with Gasteiger partial charge in [0.15, 0.2) is 5.82 Å². The van der Waals surface area contributed by atoms with Crippen molar-refractivity contribution in [1.82, 2.24) is 20.1 Å². The number of H-pyrrole nitrogens is 1. The number of hydrogen-bond donors (Lipinski definition) is 1. The van der Waals surface area contributed by atoms with Crippen LogP contribution in [-0.4, -0.2) is 44.3 Å². The Labute approximate surface area is 151 Å². The number of piperidine rings is 1. The minimum atomic E-state index is 0.177. The molecule has 2 heterocycles. The molecule has 2 aromatic rings. The van der Waals surface area contributed by atoms with Gasteiger partial charge in [0.25, 0.3) is 0 Å². The highest BCUT2D eigenvalue weighted by Crippen LogP contribution is 2.26. The second kappa shape index (κ2) is 8.03. The van der Waals surface area contributed by atoms with Crippen LogP contribution in [0.4, 0.5) is 0 Å². The highest BCUT2D eigenvalue weighted by atomic mass is 35.5. The lowest BCUT2D eigenvalue weighted by Gasteiger charge is -2.35. The standard InChI is InChI=1S/C17H21ClN4OS/c1-2-12-7-5-6-10-22(12)15(23)11-24-17-19-16(20-21-17)13-8-3-4-9-14(13)18/h3-4,8-9,12H,2,5-7,10-11H2,1H3,(H,19,20,21)/t12-/m1/s1. The highest BCUT2D eigenvalue weighted by Gasteiger charge is 2.25. The van der Waals surface area contributed by atoms with E-state index in [1.54, 1.807) is 0 Å². The number of nitrogens with one attached hydrogen (secondary N) is 1. The molecule has 0 aliphatic carbocycles. The third kappa shape index (κ3) is 3.92. The monoisotopic (exact) mass is 364 g/mol. The Balaban J connectivity index is 1.61. The highest BCUT2D eigenvalue weighted by molar-refractivity contribution is 7.99. The molecule has 1 aromatic carbocycles. The molecule has 1 fully saturated rings. The number of rotatable bonds is 5. The van der Waals surface area contributed by atoms with Gasteiger partial charge in [-0.3, -0.25) is 9.89 Å². The molecular weight excluding hydrogens is 344 g/mol. The van der Waals surface area contributed by atoms with Gasteiger partial charge in [-0.2, -0.15) is 0 Å². The predicted molar refractivity (Wildman–Crippen MR) is 97.2 cm³/mol. The lowest BCUT2D eigenvalue weighted by atomic mass is 10.0. The zero-order valence-corrected chi connectivity index (χ0v) is 15.2. The van der Waals surface area contributed by atoms with Crippen LogP contribution in [0.5, 0.6) is 0 Å². The van der Waals surface area contributed by atoms with Crippen molar-refractivity contribution in [3.05, 3.63) is 29.3 Å². The van der Waals surface area contributed by atoms with E-state index in [9.17, 15) is 4.79 Å². The van der Waals surface area contributed by atoms with E-state index in [0.29, 0.717) is 27.8 Å². The molecule has 1 amide bonds. The summed E-state index contributed by atoms with van der Waals surface area (Å²) in [6.07, 6.45) is 4.46. The Kier molecular flexibility index (Phi) is 5.79. The number of halogens is 1. The summed E-state index contributed by atoms with van der Waals surface area (Å²) in [5.41, 5.74) is 0.812. The fourth-order valence-corrected chi connectivity index (χ4v) is 3.96. The van der Waals surface area contributed by atoms with E-state index in [1.807, 2.05) is 29.2 Å². The Morgan fingerprint density at radius 2 is 2.25 bits per heavy atom. The maximum atomic E-state index is 12.5. The van der Waals surface area contributed by atoms with Crippen LogP contribution < -0.4 is 0 Å². The van der Waals surface area contributed by atoms with E-state index < -0.39 is 0 Å². The van der Waals surface area contributed by atoms with Gasteiger partial charge in [0.05, 0.1) is 10.8 Å². The summed E-state index contributed by atoms with van der Waals surface area (Å²) in [7, 11) is 0. The Bertz CT molecular complexity index is 705. The molecule has 7 heteroatoms. The van der Waals surface area contributed by atoms with Crippen molar-refractivity contribution >= 4 is 29.3 Å². The number of carbonyl (C=O) groups excluding carboxylic acids is 1. The average molecular weight is 365 g/mol. The van der Waals surface area contributed by atoms with E-state index in [2.05, 4.69) is 22.1 Å². The molecule has 0 bridgehead atoms. The number of hydrogen-bond acceptors (Lipinski definition) is 4. The van der Waals surface area contributed by atoms with E-state index >= 15 is 0 Å². The lowest BCUT2D eigenvalue weighted by Crippen LogP contribution is -2.44. The van der Waals surface area contributed by atoms with E-state index in [4.69, 9.17) is 11.6 Å². The number of aromatic amines is 1. The van der Waals surface area contributed by atoms with Crippen molar-refractivity contribution < 1.29 is 4.79 Å². The van der Waals surface area contributed by atoms with Crippen molar-refractivity contribution in [2.75, 3.05) is 12.3 Å². The van der Waals surface area contributed by atoms with Crippen LogP contribution in [0, 0.1) is 0 Å². The largest absolute Gasteiger partial charge is 0.339 e. The summed E-state index contributed by atoms with van der Waals surface area (Å²) in [5.74, 6) is 1.17. The maximum absolute atomic E-state index is 12.5. The zero-order valence-electron chi connectivity index (χ0n) is 13.7. The van der Waals surface area contributed by atoms with Crippen LogP contribution in [0.15, 0.2) is 29.4 Å². The minimum absolute atomic E-state index is 0.177. The van der Waals surface area contributed by atoms with Crippen molar-refractivity contribution in [2.45, 2.75) is 43.8 Å². The van der Waals surface area contributed by atoms with Crippen LogP contribution in [0.2, 0.25) is 5.02 Å². The van der Waals surface area contributed by atoms with Gasteiger partial charge in [0, 0.05) is 18.2 Å². The Morgan fingerprint density at radius 1 is 1.42 bits per heavy atom. The molecular formula is C17H21ClN4OS.